The Kier molecular flexibility index (Phi) is 4.43. The number of aromatic nitrogens is 2. The van der Waals surface area contributed by atoms with Gasteiger partial charge in [-0.25, -0.2) is 4.79 Å². The molecule has 1 heterocycles. The Balaban J connectivity index is 2.24. The summed E-state index contributed by atoms with van der Waals surface area (Å²) in [6.45, 7) is 5.19. The Morgan fingerprint density at radius 2 is 1.90 bits per heavy atom. The number of nitrogens with zero attached hydrogens (tertiary/aromatic N) is 2. The second-order valence-corrected chi connectivity index (χ2v) is 5.30. The highest BCUT2D eigenvalue weighted by Crippen LogP contribution is 2.15. The summed E-state index contributed by atoms with van der Waals surface area (Å²) >= 11 is 5.80. The average molecular weight is 306 g/mol. The molecule has 0 saturated heterocycles. The SMILES string of the molecule is Cc1cc(C)n([C@H](C)C(=O)Nc2ccc(Cl)cc2)c(=O)n1. The lowest BCUT2D eigenvalue weighted by Gasteiger charge is -2.17. The standard InChI is InChI=1S/C15H16ClN3O2/c1-9-8-10(2)19(15(21)17-9)11(3)14(20)18-13-6-4-12(16)5-7-13/h4-8,11H,1-3H3,(H,18,20)/t11-/m1/s1. The molecule has 0 saturated carbocycles. The van der Waals surface area contributed by atoms with Crippen LogP contribution in [0, 0.1) is 13.8 Å². The lowest BCUT2D eigenvalue weighted by atomic mass is 10.2. The van der Waals surface area contributed by atoms with E-state index < -0.39 is 11.7 Å². The second kappa shape index (κ2) is 6.10. The van der Waals surface area contributed by atoms with Crippen molar-refractivity contribution in [3.8, 4) is 0 Å². The van der Waals surface area contributed by atoms with Crippen LogP contribution in [0.1, 0.15) is 24.4 Å². The molecule has 2 aromatic rings. The van der Waals surface area contributed by atoms with Crippen LogP contribution in [0.5, 0.6) is 0 Å². The van der Waals surface area contributed by atoms with Crippen molar-refractivity contribution >= 4 is 23.2 Å². The number of hydrogen-bond donors (Lipinski definition) is 1. The molecule has 1 aromatic heterocycles. The lowest BCUT2D eigenvalue weighted by molar-refractivity contribution is -0.118. The van der Waals surface area contributed by atoms with Gasteiger partial charge in [-0.05, 0) is 51.1 Å². The first-order valence-electron chi connectivity index (χ1n) is 6.51. The number of nitrogens with one attached hydrogen (secondary N) is 1. The predicted octanol–water partition coefficient (Wildman–Crippen LogP) is 2.71. The Morgan fingerprint density at radius 1 is 1.29 bits per heavy atom. The number of aryl methyl sites for hydroxylation is 2. The molecular formula is C15H16ClN3O2. The molecule has 0 unspecified atom stereocenters. The van der Waals surface area contributed by atoms with Crippen LogP contribution >= 0.6 is 11.6 Å². The third-order valence-electron chi connectivity index (χ3n) is 3.15. The highest BCUT2D eigenvalue weighted by Gasteiger charge is 2.18. The van der Waals surface area contributed by atoms with Crippen molar-refractivity contribution in [2.75, 3.05) is 5.32 Å². The van der Waals surface area contributed by atoms with E-state index in [1.165, 1.54) is 4.57 Å². The predicted molar refractivity (Wildman–Crippen MR) is 82.8 cm³/mol. The van der Waals surface area contributed by atoms with Crippen molar-refractivity contribution in [3.63, 3.8) is 0 Å². The summed E-state index contributed by atoms with van der Waals surface area (Å²) < 4.78 is 1.37. The van der Waals surface area contributed by atoms with Crippen molar-refractivity contribution < 1.29 is 4.79 Å². The fourth-order valence-corrected chi connectivity index (χ4v) is 2.25. The van der Waals surface area contributed by atoms with E-state index in [0.29, 0.717) is 22.1 Å². The first kappa shape index (κ1) is 15.3. The fraction of sp³-hybridized carbons (Fsp3) is 0.267. The molecule has 21 heavy (non-hydrogen) atoms. The molecule has 2 rings (SSSR count). The van der Waals surface area contributed by atoms with Gasteiger partial charge in [-0.3, -0.25) is 9.36 Å². The zero-order valence-electron chi connectivity index (χ0n) is 12.1. The molecule has 0 aliphatic carbocycles. The Bertz CT molecular complexity index is 723. The van der Waals surface area contributed by atoms with Crippen molar-refractivity contribution in [2.45, 2.75) is 26.8 Å². The van der Waals surface area contributed by atoms with Gasteiger partial charge in [0.15, 0.2) is 0 Å². The molecule has 0 bridgehead atoms. The van der Waals surface area contributed by atoms with Gasteiger partial charge in [0.2, 0.25) is 5.91 Å². The van der Waals surface area contributed by atoms with Gasteiger partial charge >= 0.3 is 5.69 Å². The van der Waals surface area contributed by atoms with Gasteiger partial charge in [-0.1, -0.05) is 11.6 Å². The minimum absolute atomic E-state index is 0.284. The molecule has 6 heteroatoms. The monoisotopic (exact) mass is 305 g/mol. The van der Waals surface area contributed by atoms with E-state index in [9.17, 15) is 9.59 Å². The largest absolute Gasteiger partial charge is 0.348 e. The summed E-state index contributed by atoms with van der Waals surface area (Å²) in [6, 6.07) is 7.90. The van der Waals surface area contributed by atoms with E-state index >= 15 is 0 Å². The van der Waals surface area contributed by atoms with Crippen molar-refractivity contribution in [2.24, 2.45) is 0 Å². The summed E-state index contributed by atoms with van der Waals surface area (Å²) in [7, 11) is 0. The maximum atomic E-state index is 12.3. The maximum absolute atomic E-state index is 12.3. The summed E-state index contributed by atoms with van der Waals surface area (Å²) in [6.07, 6.45) is 0. The molecule has 0 spiro atoms. The van der Waals surface area contributed by atoms with Crippen LogP contribution in [0.4, 0.5) is 5.69 Å². The van der Waals surface area contributed by atoms with Crippen LogP contribution < -0.4 is 11.0 Å². The fourth-order valence-electron chi connectivity index (χ4n) is 2.13. The van der Waals surface area contributed by atoms with Crippen LogP contribution in [0.25, 0.3) is 0 Å². The quantitative estimate of drug-likeness (QED) is 0.948. The first-order chi connectivity index (χ1) is 9.88. The van der Waals surface area contributed by atoms with Crippen LogP contribution in [-0.2, 0) is 4.79 Å². The molecule has 1 atom stereocenters. The first-order valence-corrected chi connectivity index (χ1v) is 6.89. The molecule has 1 N–H and O–H groups in total. The maximum Gasteiger partial charge on any atom is 0.348 e. The van der Waals surface area contributed by atoms with Gasteiger partial charge < -0.3 is 5.32 Å². The molecule has 5 nitrogen and oxygen atoms in total. The molecule has 0 aliphatic rings. The van der Waals surface area contributed by atoms with Gasteiger partial charge in [0, 0.05) is 22.1 Å². The van der Waals surface area contributed by atoms with E-state index in [4.69, 9.17) is 11.6 Å². The third-order valence-corrected chi connectivity index (χ3v) is 3.41. The van der Waals surface area contributed by atoms with Gasteiger partial charge in [-0.15, -0.1) is 0 Å². The summed E-state index contributed by atoms with van der Waals surface area (Å²) in [5.74, 6) is -0.284. The summed E-state index contributed by atoms with van der Waals surface area (Å²) in [5, 5.41) is 3.34. The number of carbonyl (C=O) groups is 1. The lowest BCUT2D eigenvalue weighted by Crippen LogP contribution is -2.34. The third kappa shape index (κ3) is 3.49. The Hall–Kier alpha value is -2.14. The molecule has 1 amide bonds. The second-order valence-electron chi connectivity index (χ2n) is 4.86. The van der Waals surface area contributed by atoms with Crippen molar-refractivity contribution in [1.82, 2.24) is 9.55 Å². The highest BCUT2D eigenvalue weighted by atomic mass is 35.5. The highest BCUT2D eigenvalue weighted by molar-refractivity contribution is 6.30. The van der Waals surface area contributed by atoms with Gasteiger partial charge in [-0.2, -0.15) is 4.98 Å². The minimum Gasteiger partial charge on any atom is -0.324 e. The molecule has 0 fully saturated rings. The van der Waals surface area contributed by atoms with Crippen LogP contribution in [-0.4, -0.2) is 15.5 Å². The molecule has 1 aromatic carbocycles. The van der Waals surface area contributed by atoms with E-state index in [1.54, 1.807) is 51.1 Å². The Labute approximate surface area is 127 Å². The molecular weight excluding hydrogens is 290 g/mol. The van der Waals surface area contributed by atoms with Gasteiger partial charge in [0.1, 0.15) is 6.04 Å². The number of amides is 1. The van der Waals surface area contributed by atoms with E-state index in [0.717, 1.165) is 0 Å². The topological polar surface area (TPSA) is 64.0 Å². The summed E-state index contributed by atoms with van der Waals surface area (Å²) in [4.78, 5) is 28.1. The number of carbonyl (C=O) groups excluding carboxylic acids is 1. The van der Waals surface area contributed by atoms with Crippen molar-refractivity contribution in [3.05, 3.63) is 57.2 Å². The molecule has 0 radical (unpaired) electrons. The molecule has 0 aliphatic heterocycles. The number of hydrogen-bond acceptors (Lipinski definition) is 3. The summed E-state index contributed by atoms with van der Waals surface area (Å²) in [5.41, 5.74) is 1.54. The van der Waals surface area contributed by atoms with Crippen LogP contribution in [0.2, 0.25) is 5.02 Å². The number of anilines is 1. The van der Waals surface area contributed by atoms with Crippen molar-refractivity contribution in [1.29, 1.82) is 0 Å². The minimum atomic E-state index is -0.652. The van der Waals surface area contributed by atoms with Gasteiger partial charge in [0.25, 0.3) is 0 Å². The van der Waals surface area contributed by atoms with Gasteiger partial charge in [0.05, 0.1) is 0 Å². The van der Waals surface area contributed by atoms with Crippen LogP contribution in [0.3, 0.4) is 0 Å². The zero-order chi connectivity index (χ0) is 15.6. The van der Waals surface area contributed by atoms with E-state index in [-0.39, 0.29) is 5.91 Å². The zero-order valence-corrected chi connectivity index (χ0v) is 12.8. The van der Waals surface area contributed by atoms with Crippen LogP contribution in [0.15, 0.2) is 35.1 Å². The van der Waals surface area contributed by atoms with E-state index in [1.807, 2.05) is 0 Å². The number of halogens is 1. The number of rotatable bonds is 3. The van der Waals surface area contributed by atoms with E-state index in [2.05, 4.69) is 10.3 Å². The normalized spacial score (nSPS) is 12.0. The molecule has 110 valence electrons. The smallest absolute Gasteiger partial charge is 0.324 e. The Morgan fingerprint density at radius 3 is 2.48 bits per heavy atom. The average Bonchev–Trinajstić information content (AvgIpc) is 2.40. The number of benzene rings is 1.